The highest BCUT2D eigenvalue weighted by atomic mass is 35.5. The lowest BCUT2D eigenvalue weighted by atomic mass is 10.2. The minimum Gasteiger partial charge on any atom is -0.351 e. The second kappa shape index (κ2) is 8.18. The number of carbonyl (C=O) groups is 1. The fourth-order valence-electron chi connectivity index (χ4n) is 2.70. The van der Waals surface area contributed by atoms with Crippen LogP contribution in [0.4, 0.5) is 0 Å². The van der Waals surface area contributed by atoms with Gasteiger partial charge >= 0.3 is 0 Å². The van der Waals surface area contributed by atoms with Crippen LogP contribution in [0.25, 0.3) is 0 Å². The van der Waals surface area contributed by atoms with Crippen molar-refractivity contribution >= 4 is 40.9 Å². The molecule has 1 fully saturated rings. The number of hydrogen-bond donors (Lipinski definition) is 1. The highest BCUT2D eigenvalue weighted by molar-refractivity contribution is 7.99. The number of aromatic nitrogens is 4. The van der Waals surface area contributed by atoms with Gasteiger partial charge < -0.3 is 5.32 Å². The van der Waals surface area contributed by atoms with Crippen molar-refractivity contribution in [3.63, 3.8) is 0 Å². The summed E-state index contributed by atoms with van der Waals surface area (Å²) in [5.74, 6) is 0.171. The number of carbonyl (C=O) groups excluding carboxylic acids is 1. The molecule has 1 aliphatic rings. The molecule has 0 unspecified atom stereocenters. The van der Waals surface area contributed by atoms with Gasteiger partial charge in [-0.15, -0.1) is 5.10 Å². The summed E-state index contributed by atoms with van der Waals surface area (Å²) in [7, 11) is 0. The Morgan fingerprint density at radius 3 is 2.88 bits per heavy atom. The van der Waals surface area contributed by atoms with E-state index in [0.29, 0.717) is 27.8 Å². The summed E-state index contributed by atoms with van der Waals surface area (Å²) in [6, 6.07) is 5.58. The van der Waals surface area contributed by atoms with Crippen LogP contribution in [0.2, 0.25) is 10.0 Å². The first-order valence-electron chi connectivity index (χ1n) is 7.75. The monoisotopic (exact) mass is 385 g/mol. The fraction of sp³-hybridized carbons (Fsp3) is 0.467. The molecule has 0 spiro atoms. The van der Waals surface area contributed by atoms with E-state index in [1.807, 2.05) is 4.68 Å². The lowest BCUT2D eigenvalue weighted by Crippen LogP contribution is -2.25. The highest BCUT2D eigenvalue weighted by Crippen LogP contribution is 2.31. The van der Waals surface area contributed by atoms with E-state index in [1.54, 1.807) is 18.2 Å². The Kier molecular flexibility index (Phi) is 5.97. The van der Waals surface area contributed by atoms with Crippen LogP contribution in [-0.2, 0) is 11.3 Å². The first kappa shape index (κ1) is 17.5. The van der Waals surface area contributed by atoms with Crippen molar-refractivity contribution in [3.05, 3.63) is 33.8 Å². The molecule has 0 atom stereocenters. The Hall–Kier alpha value is -1.31. The summed E-state index contributed by atoms with van der Waals surface area (Å²) in [6.07, 6.45) is 4.60. The van der Waals surface area contributed by atoms with Gasteiger partial charge in [0.1, 0.15) is 0 Å². The predicted octanol–water partition coefficient (Wildman–Crippen LogP) is 3.50. The van der Waals surface area contributed by atoms with Crippen LogP contribution in [-0.4, -0.2) is 31.9 Å². The fourth-order valence-corrected chi connectivity index (χ4v) is 3.95. The largest absolute Gasteiger partial charge is 0.351 e. The molecule has 1 heterocycles. The van der Waals surface area contributed by atoms with Crippen molar-refractivity contribution in [2.45, 2.75) is 43.4 Å². The van der Waals surface area contributed by atoms with Crippen LogP contribution < -0.4 is 5.32 Å². The molecule has 1 aromatic heterocycles. The maximum Gasteiger partial charge on any atom is 0.230 e. The first-order valence-corrected chi connectivity index (χ1v) is 9.49. The quantitative estimate of drug-likeness (QED) is 0.770. The number of nitrogens with one attached hydrogen (secondary N) is 1. The maximum absolute atomic E-state index is 12.0. The van der Waals surface area contributed by atoms with Crippen molar-refractivity contribution < 1.29 is 4.79 Å². The summed E-state index contributed by atoms with van der Waals surface area (Å²) in [5, 5.41) is 16.5. The molecule has 0 bridgehead atoms. The molecule has 1 aliphatic carbocycles. The molecule has 1 amide bonds. The summed E-state index contributed by atoms with van der Waals surface area (Å²) in [5.41, 5.74) is 0.829. The van der Waals surface area contributed by atoms with Gasteiger partial charge in [0, 0.05) is 16.6 Å². The normalized spacial score (nSPS) is 14.9. The van der Waals surface area contributed by atoms with E-state index in [2.05, 4.69) is 20.8 Å². The van der Waals surface area contributed by atoms with Crippen LogP contribution in [0.3, 0.4) is 0 Å². The van der Waals surface area contributed by atoms with Gasteiger partial charge in [-0.3, -0.25) is 4.79 Å². The van der Waals surface area contributed by atoms with Gasteiger partial charge in [0.15, 0.2) is 0 Å². The van der Waals surface area contributed by atoms with Gasteiger partial charge in [-0.2, -0.15) is 0 Å². The van der Waals surface area contributed by atoms with E-state index in [1.165, 1.54) is 24.6 Å². The number of rotatable bonds is 6. The van der Waals surface area contributed by atoms with Crippen molar-refractivity contribution in [1.82, 2.24) is 25.5 Å². The molecule has 9 heteroatoms. The van der Waals surface area contributed by atoms with E-state index in [4.69, 9.17) is 23.2 Å². The van der Waals surface area contributed by atoms with Gasteiger partial charge in [-0.1, -0.05) is 53.9 Å². The molecule has 0 saturated heterocycles. The number of benzene rings is 1. The van der Waals surface area contributed by atoms with E-state index in [-0.39, 0.29) is 11.7 Å². The Balaban J connectivity index is 1.50. The SMILES string of the molecule is O=C(CSc1nnnn1C1CCCC1)NCc1ccc(Cl)cc1Cl. The minimum absolute atomic E-state index is 0.0908. The molecular formula is C15H17Cl2N5OS. The van der Waals surface area contributed by atoms with Gasteiger partial charge in [-0.25, -0.2) is 4.68 Å². The molecule has 128 valence electrons. The molecule has 3 rings (SSSR count). The summed E-state index contributed by atoms with van der Waals surface area (Å²) >= 11 is 13.3. The number of amides is 1. The van der Waals surface area contributed by atoms with Gasteiger partial charge in [0.2, 0.25) is 11.1 Å². The van der Waals surface area contributed by atoms with Crippen LogP contribution in [0.5, 0.6) is 0 Å². The van der Waals surface area contributed by atoms with E-state index in [0.717, 1.165) is 18.4 Å². The standard InChI is InChI=1S/C15H17Cl2N5OS/c16-11-6-5-10(13(17)7-11)8-18-14(23)9-24-15-19-20-21-22(15)12-3-1-2-4-12/h5-7,12H,1-4,8-9H2,(H,18,23). The third-order valence-corrected chi connectivity index (χ3v) is 5.48. The zero-order valence-corrected chi connectivity index (χ0v) is 15.2. The highest BCUT2D eigenvalue weighted by Gasteiger charge is 2.22. The molecule has 1 N–H and O–H groups in total. The molecule has 1 saturated carbocycles. The van der Waals surface area contributed by atoms with Crippen molar-refractivity contribution in [2.75, 3.05) is 5.75 Å². The minimum atomic E-state index is -0.0908. The second-order valence-corrected chi connectivity index (χ2v) is 7.43. The summed E-state index contributed by atoms with van der Waals surface area (Å²) in [6.45, 7) is 0.364. The van der Waals surface area contributed by atoms with Crippen LogP contribution in [0, 0.1) is 0 Å². The third kappa shape index (κ3) is 4.40. The molecular weight excluding hydrogens is 369 g/mol. The van der Waals surface area contributed by atoms with Crippen LogP contribution in [0.1, 0.15) is 37.3 Å². The predicted molar refractivity (Wildman–Crippen MR) is 94.4 cm³/mol. The van der Waals surface area contributed by atoms with E-state index in [9.17, 15) is 4.79 Å². The van der Waals surface area contributed by atoms with Gasteiger partial charge in [-0.05, 0) is 41.0 Å². The number of tetrazole rings is 1. The topological polar surface area (TPSA) is 72.7 Å². The lowest BCUT2D eigenvalue weighted by molar-refractivity contribution is -0.118. The summed E-state index contributed by atoms with van der Waals surface area (Å²) < 4.78 is 1.85. The molecule has 2 aromatic rings. The molecule has 0 radical (unpaired) electrons. The molecule has 1 aromatic carbocycles. The number of hydrogen-bond acceptors (Lipinski definition) is 5. The van der Waals surface area contributed by atoms with Crippen molar-refractivity contribution in [1.29, 1.82) is 0 Å². The average molecular weight is 386 g/mol. The Morgan fingerprint density at radius 1 is 1.33 bits per heavy atom. The first-order chi connectivity index (χ1) is 11.6. The number of nitrogens with zero attached hydrogens (tertiary/aromatic N) is 4. The lowest BCUT2D eigenvalue weighted by Gasteiger charge is -2.11. The van der Waals surface area contributed by atoms with Crippen LogP contribution >= 0.6 is 35.0 Å². The Morgan fingerprint density at radius 2 is 2.12 bits per heavy atom. The molecule has 24 heavy (non-hydrogen) atoms. The second-order valence-electron chi connectivity index (χ2n) is 5.65. The van der Waals surface area contributed by atoms with Gasteiger partial charge in [0.05, 0.1) is 11.8 Å². The average Bonchev–Trinajstić information content (AvgIpc) is 3.23. The number of halogens is 2. The smallest absolute Gasteiger partial charge is 0.230 e. The summed E-state index contributed by atoms with van der Waals surface area (Å²) in [4.78, 5) is 12.0. The zero-order valence-electron chi connectivity index (χ0n) is 12.9. The van der Waals surface area contributed by atoms with Crippen LogP contribution in [0.15, 0.2) is 23.4 Å². The van der Waals surface area contributed by atoms with E-state index < -0.39 is 0 Å². The molecule has 0 aliphatic heterocycles. The maximum atomic E-state index is 12.0. The third-order valence-electron chi connectivity index (χ3n) is 3.96. The number of thioether (sulfide) groups is 1. The van der Waals surface area contributed by atoms with Gasteiger partial charge in [0.25, 0.3) is 0 Å². The molecule has 6 nitrogen and oxygen atoms in total. The van der Waals surface area contributed by atoms with Crippen molar-refractivity contribution in [2.24, 2.45) is 0 Å². The van der Waals surface area contributed by atoms with Crippen molar-refractivity contribution in [3.8, 4) is 0 Å². The van der Waals surface area contributed by atoms with E-state index >= 15 is 0 Å². The Labute approximate surface area is 154 Å². The zero-order chi connectivity index (χ0) is 16.9. The Bertz CT molecular complexity index is 718.